The van der Waals surface area contributed by atoms with Crippen LogP contribution in [0.3, 0.4) is 0 Å². The molecule has 2 N–H and O–H groups in total. The second kappa shape index (κ2) is 6.12. The van der Waals surface area contributed by atoms with Gasteiger partial charge in [0.15, 0.2) is 5.69 Å². The molecule has 0 radical (unpaired) electrons. The number of piperidine rings is 1. The fourth-order valence-electron chi connectivity index (χ4n) is 1.79. The zero-order chi connectivity index (χ0) is 10.7. The number of hydrogen-bond acceptors (Lipinski definition) is 5. The lowest BCUT2D eigenvalue weighted by Gasteiger charge is -2.28. The molecule has 90 valence electrons. The summed E-state index contributed by atoms with van der Waals surface area (Å²) in [7, 11) is 0. The lowest BCUT2D eigenvalue weighted by atomic mass is 10.0. The highest BCUT2D eigenvalue weighted by Gasteiger charge is 2.21. The standard InChI is InChI=1S/C9H14N4OS.ClH/c1-6-4-7(2-3-10-6)12-9(14)8-5-11-15-13-8;/h5-7,10H,2-4H2,1H3,(H,12,14);1H. The van der Waals surface area contributed by atoms with Crippen LogP contribution in [0.5, 0.6) is 0 Å². The van der Waals surface area contributed by atoms with Crippen molar-refractivity contribution in [2.45, 2.75) is 31.8 Å². The van der Waals surface area contributed by atoms with Crippen LogP contribution in [0.15, 0.2) is 6.20 Å². The van der Waals surface area contributed by atoms with Gasteiger partial charge in [0.2, 0.25) is 0 Å². The van der Waals surface area contributed by atoms with Gasteiger partial charge in [0.25, 0.3) is 5.91 Å². The van der Waals surface area contributed by atoms with Crippen molar-refractivity contribution in [3.8, 4) is 0 Å². The van der Waals surface area contributed by atoms with E-state index in [1.165, 1.54) is 6.20 Å². The van der Waals surface area contributed by atoms with Crippen molar-refractivity contribution in [1.29, 1.82) is 0 Å². The topological polar surface area (TPSA) is 66.9 Å². The predicted molar refractivity (Wildman–Crippen MR) is 65.1 cm³/mol. The van der Waals surface area contributed by atoms with Gasteiger partial charge in [-0.1, -0.05) is 0 Å². The van der Waals surface area contributed by atoms with Crippen molar-refractivity contribution < 1.29 is 4.79 Å². The molecular weight excluding hydrogens is 248 g/mol. The lowest BCUT2D eigenvalue weighted by molar-refractivity contribution is 0.0921. The molecule has 0 spiro atoms. The summed E-state index contributed by atoms with van der Waals surface area (Å²) in [5.74, 6) is -0.108. The monoisotopic (exact) mass is 262 g/mol. The molecule has 1 aromatic heterocycles. The largest absolute Gasteiger partial charge is 0.348 e. The molecule has 7 heteroatoms. The van der Waals surface area contributed by atoms with Crippen molar-refractivity contribution in [1.82, 2.24) is 19.4 Å². The molecule has 2 heterocycles. The molecule has 5 nitrogen and oxygen atoms in total. The molecule has 1 fully saturated rings. The average Bonchev–Trinajstić information content (AvgIpc) is 2.70. The van der Waals surface area contributed by atoms with Crippen LogP contribution in [-0.4, -0.2) is 33.3 Å². The molecule has 0 saturated carbocycles. The molecule has 1 aliphatic heterocycles. The second-order valence-corrected chi connectivity index (χ2v) is 4.40. The molecule has 2 rings (SSSR count). The van der Waals surface area contributed by atoms with Gasteiger partial charge in [0.1, 0.15) is 0 Å². The number of carbonyl (C=O) groups excluding carboxylic acids is 1. The van der Waals surface area contributed by atoms with Gasteiger partial charge >= 0.3 is 0 Å². The summed E-state index contributed by atoms with van der Waals surface area (Å²) >= 11 is 1.06. The minimum atomic E-state index is -0.108. The van der Waals surface area contributed by atoms with E-state index in [4.69, 9.17) is 0 Å². The number of halogens is 1. The van der Waals surface area contributed by atoms with E-state index in [0.717, 1.165) is 31.1 Å². The quantitative estimate of drug-likeness (QED) is 0.829. The maximum atomic E-state index is 11.7. The van der Waals surface area contributed by atoms with Crippen LogP contribution in [0.4, 0.5) is 0 Å². The number of amides is 1. The molecule has 1 aliphatic rings. The fraction of sp³-hybridized carbons (Fsp3) is 0.667. The Bertz CT molecular complexity index is 332. The Hall–Kier alpha value is -0.720. The van der Waals surface area contributed by atoms with Crippen LogP contribution in [0.2, 0.25) is 0 Å². The van der Waals surface area contributed by atoms with E-state index in [-0.39, 0.29) is 24.4 Å². The lowest BCUT2D eigenvalue weighted by Crippen LogP contribution is -2.46. The third-order valence-electron chi connectivity index (χ3n) is 2.55. The highest BCUT2D eigenvalue weighted by molar-refractivity contribution is 6.99. The number of carbonyl (C=O) groups is 1. The highest BCUT2D eigenvalue weighted by Crippen LogP contribution is 2.08. The fourth-order valence-corrected chi connectivity index (χ4v) is 2.20. The molecule has 2 unspecified atom stereocenters. The predicted octanol–water partition coefficient (Wildman–Crippen LogP) is 0.830. The van der Waals surface area contributed by atoms with Gasteiger partial charge in [-0.15, -0.1) is 12.4 Å². The van der Waals surface area contributed by atoms with Crippen molar-refractivity contribution >= 4 is 30.0 Å². The number of nitrogens with zero attached hydrogens (tertiary/aromatic N) is 2. The van der Waals surface area contributed by atoms with Crippen molar-refractivity contribution in [2.75, 3.05) is 6.54 Å². The highest BCUT2D eigenvalue weighted by atomic mass is 35.5. The first-order valence-corrected chi connectivity index (χ1v) is 5.80. The van der Waals surface area contributed by atoms with Crippen molar-refractivity contribution in [3.05, 3.63) is 11.9 Å². The summed E-state index contributed by atoms with van der Waals surface area (Å²) in [6.45, 7) is 3.09. The number of nitrogens with one attached hydrogen (secondary N) is 2. The zero-order valence-electron chi connectivity index (χ0n) is 8.97. The molecule has 0 bridgehead atoms. The van der Waals surface area contributed by atoms with E-state index in [9.17, 15) is 4.79 Å². The number of rotatable bonds is 2. The Morgan fingerprint density at radius 3 is 3.12 bits per heavy atom. The Labute approximate surface area is 105 Å². The average molecular weight is 263 g/mol. The molecule has 16 heavy (non-hydrogen) atoms. The van der Waals surface area contributed by atoms with E-state index >= 15 is 0 Å². The smallest absolute Gasteiger partial charge is 0.272 e. The maximum absolute atomic E-state index is 11.7. The van der Waals surface area contributed by atoms with Gasteiger partial charge < -0.3 is 10.6 Å². The summed E-state index contributed by atoms with van der Waals surface area (Å²) in [6.07, 6.45) is 3.46. The molecule has 0 aromatic carbocycles. The van der Waals surface area contributed by atoms with Gasteiger partial charge in [0, 0.05) is 12.1 Å². The Morgan fingerprint density at radius 1 is 1.69 bits per heavy atom. The Kier molecular flexibility index (Phi) is 5.11. The summed E-state index contributed by atoms with van der Waals surface area (Å²) in [6, 6.07) is 0.730. The number of hydrogen-bond donors (Lipinski definition) is 2. The van der Waals surface area contributed by atoms with Gasteiger partial charge in [-0.2, -0.15) is 8.75 Å². The number of aromatic nitrogens is 2. The molecule has 1 saturated heterocycles. The van der Waals surface area contributed by atoms with E-state index in [0.29, 0.717) is 11.7 Å². The van der Waals surface area contributed by atoms with E-state index in [1.54, 1.807) is 0 Å². The van der Waals surface area contributed by atoms with Gasteiger partial charge in [0.05, 0.1) is 17.9 Å². The van der Waals surface area contributed by atoms with Gasteiger partial charge in [-0.05, 0) is 26.3 Å². The van der Waals surface area contributed by atoms with Crippen molar-refractivity contribution in [3.63, 3.8) is 0 Å². The van der Waals surface area contributed by atoms with E-state index < -0.39 is 0 Å². The normalized spacial score (nSPS) is 24.6. The van der Waals surface area contributed by atoms with Gasteiger partial charge in [-0.3, -0.25) is 4.79 Å². The van der Waals surface area contributed by atoms with Crippen LogP contribution >= 0.6 is 24.1 Å². The van der Waals surface area contributed by atoms with Crippen LogP contribution in [0.25, 0.3) is 0 Å². The maximum Gasteiger partial charge on any atom is 0.272 e. The Balaban J connectivity index is 0.00000128. The Morgan fingerprint density at radius 2 is 2.50 bits per heavy atom. The first-order valence-electron chi connectivity index (χ1n) is 5.07. The van der Waals surface area contributed by atoms with Gasteiger partial charge in [-0.25, -0.2) is 0 Å². The van der Waals surface area contributed by atoms with Crippen LogP contribution in [0.1, 0.15) is 30.3 Å². The first kappa shape index (κ1) is 13.3. The molecular formula is C9H15ClN4OS. The SMILES string of the molecule is CC1CC(NC(=O)c2cnsn2)CCN1.Cl. The van der Waals surface area contributed by atoms with Crippen molar-refractivity contribution in [2.24, 2.45) is 0 Å². The summed E-state index contributed by atoms with van der Waals surface area (Å²) in [4.78, 5) is 11.7. The first-order chi connectivity index (χ1) is 7.25. The van der Waals surface area contributed by atoms with Crippen LogP contribution < -0.4 is 10.6 Å². The molecule has 1 amide bonds. The summed E-state index contributed by atoms with van der Waals surface area (Å²) in [5, 5.41) is 6.32. The molecule has 0 aliphatic carbocycles. The van der Waals surface area contributed by atoms with E-state index in [1.807, 2.05) is 0 Å². The van der Waals surface area contributed by atoms with E-state index in [2.05, 4.69) is 26.3 Å². The summed E-state index contributed by atoms with van der Waals surface area (Å²) < 4.78 is 7.71. The summed E-state index contributed by atoms with van der Waals surface area (Å²) in [5.41, 5.74) is 0.422. The second-order valence-electron chi connectivity index (χ2n) is 3.84. The van der Waals surface area contributed by atoms with Crippen LogP contribution in [-0.2, 0) is 0 Å². The minimum absolute atomic E-state index is 0. The third-order valence-corrected chi connectivity index (χ3v) is 3.03. The minimum Gasteiger partial charge on any atom is -0.348 e. The third kappa shape index (κ3) is 3.40. The molecule has 1 aromatic rings. The van der Waals surface area contributed by atoms with Crippen LogP contribution in [0, 0.1) is 0 Å². The zero-order valence-corrected chi connectivity index (χ0v) is 10.6. The molecule has 2 atom stereocenters.